The number of carbonyl (C=O) groups is 3. The number of ether oxygens (including phenoxy) is 3. The standard InChI is InChI=1S/C24H30N4O7/c1-14-4-3-7-28(14)24(32)35-16-6-5-15(8-16)19-11-22(27-26-19)25-23(31)13-34-21-10-17(33-2)9-20(30)18(21)12-29/h9-12,14-16,30H,3-8,13H2,1-2H3,(H2,25,26,27,31)/t14-,15+,16-/m1/s1. The lowest BCUT2D eigenvalue weighted by Gasteiger charge is -2.23. The average Bonchev–Trinajstić information content (AvgIpc) is 3.58. The summed E-state index contributed by atoms with van der Waals surface area (Å²) in [5.41, 5.74) is 0.784. The first kappa shape index (κ1) is 24.4. The highest BCUT2D eigenvalue weighted by Crippen LogP contribution is 2.36. The first-order valence-electron chi connectivity index (χ1n) is 11.7. The van der Waals surface area contributed by atoms with Gasteiger partial charge in [-0.1, -0.05) is 0 Å². The minimum absolute atomic E-state index is 0.0320. The van der Waals surface area contributed by atoms with Gasteiger partial charge >= 0.3 is 6.09 Å². The molecule has 1 aliphatic carbocycles. The van der Waals surface area contributed by atoms with Crippen LogP contribution in [-0.4, -0.2) is 70.9 Å². The number of hydrogen-bond donors (Lipinski definition) is 3. The van der Waals surface area contributed by atoms with Crippen LogP contribution in [0.2, 0.25) is 0 Å². The number of hydrogen-bond acceptors (Lipinski definition) is 8. The Balaban J connectivity index is 1.28. The van der Waals surface area contributed by atoms with Crippen LogP contribution in [0.15, 0.2) is 18.2 Å². The number of likely N-dealkylation sites (tertiary alicyclic amines) is 1. The Kier molecular flexibility index (Phi) is 7.42. The van der Waals surface area contributed by atoms with Crippen molar-refractivity contribution < 1.29 is 33.7 Å². The number of benzene rings is 1. The summed E-state index contributed by atoms with van der Waals surface area (Å²) >= 11 is 0. The molecule has 2 fully saturated rings. The van der Waals surface area contributed by atoms with E-state index in [4.69, 9.17) is 14.2 Å². The fourth-order valence-electron chi connectivity index (χ4n) is 4.62. The van der Waals surface area contributed by atoms with Crippen LogP contribution >= 0.6 is 0 Å². The minimum Gasteiger partial charge on any atom is -0.507 e. The van der Waals surface area contributed by atoms with Crippen LogP contribution in [-0.2, 0) is 9.53 Å². The summed E-state index contributed by atoms with van der Waals surface area (Å²) in [5, 5.41) is 19.6. The van der Waals surface area contributed by atoms with E-state index in [-0.39, 0.29) is 47.0 Å². The number of rotatable bonds is 8. The molecule has 4 rings (SSSR count). The highest BCUT2D eigenvalue weighted by Gasteiger charge is 2.33. The lowest BCUT2D eigenvalue weighted by molar-refractivity contribution is -0.118. The molecular weight excluding hydrogens is 456 g/mol. The Morgan fingerprint density at radius 3 is 2.83 bits per heavy atom. The monoisotopic (exact) mass is 486 g/mol. The largest absolute Gasteiger partial charge is 0.507 e. The number of aromatic amines is 1. The van der Waals surface area contributed by atoms with Crippen molar-refractivity contribution in [1.82, 2.24) is 15.1 Å². The van der Waals surface area contributed by atoms with Gasteiger partial charge in [-0.3, -0.25) is 14.7 Å². The molecule has 188 valence electrons. The molecule has 0 radical (unpaired) electrons. The zero-order valence-electron chi connectivity index (χ0n) is 19.8. The number of amides is 2. The van der Waals surface area contributed by atoms with Crippen LogP contribution in [0.1, 0.15) is 61.0 Å². The van der Waals surface area contributed by atoms with Gasteiger partial charge in [0, 0.05) is 42.4 Å². The summed E-state index contributed by atoms with van der Waals surface area (Å²) < 4.78 is 16.2. The van der Waals surface area contributed by atoms with Crippen molar-refractivity contribution in [3.63, 3.8) is 0 Å². The molecule has 2 aromatic rings. The van der Waals surface area contributed by atoms with E-state index in [1.807, 2.05) is 6.92 Å². The van der Waals surface area contributed by atoms with Crippen molar-refractivity contribution in [3.05, 3.63) is 29.5 Å². The summed E-state index contributed by atoms with van der Waals surface area (Å²) in [6.07, 6.45) is 4.41. The van der Waals surface area contributed by atoms with E-state index in [2.05, 4.69) is 15.5 Å². The molecular formula is C24H30N4O7. The maximum Gasteiger partial charge on any atom is 0.410 e. The second-order valence-corrected chi connectivity index (χ2v) is 8.92. The molecule has 1 aliphatic heterocycles. The number of anilines is 1. The maximum atomic E-state index is 12.4. The molecule has 3 N–H and O–H groups in total. The van der Waals surface area contributed by atoms with Gasteiger partial charge in [-0.05, 0) is 39.0 Å². The molecule has 0 spiro atoms. The van der Waals surface area contributed by atoms with Crippen LogP contribution in [0, 0.1) is 0 Å². The normalized spacial score (nSPS) is 21.5. The molecule has 0 bridgehead atoms. The predicted molar refractivity (Wildman–Crippen MR) is 125 cm³/mol. The molecule has 11 heteroatoms. The Morgan fingerprint density at radius 2 is 2.11 bits per heavy atom. The van der Waals surface area contributed by atoms with Gasteiger partial charge in [0.1, 0.15) is 23.4 Å². The zero-order valence-corrected chi connectivity index (χ0v) is 19.8. The first-order chi connectivity index (χ1) is 16.9. The average molecular weight is 487 g/mol. The Hall–Kier alpha value is -3.76. The number of aromatic nitrogens is 2. The number of nitrogens with one attached hydrogen (secondary N) is 2. The zero-order chi connectivity index (χ0) is 24.9. The van der Waals surface area contributed by atoms with Gasteiger partial charge in [0.25, 0.3) is 5.91 Å². The summed E-state index contributed by atoms with van der Waals surface area (Å²) in [6, 6.07) is 4.67. The summed E-state index contributed by atoms with van der Waals surface area (Å²) in [6.45, 7) is 2.39. The van der Waals surface area contributed by atoms with Gasteiger partial charge in [0.05, 0.1) is 12.7 Å². The third kappa shape index (κ3) is 5.67. The molecule has 3 atom stereocenters. The van der Waals surface area contributed by atoms with Gasteiger partial charge in [-0.25, -0.2) is 4.79 Å². The molecule has 0 unspecified atom stereocenters. The van der Waals surface area contributed by atoms with Crippen LogP contribution in [0.4, 0.5) is 10.6 Å². The van der Waals surface area contributed by atoms with E-state index in [1.165, 1.54) is 19.2 Å². The van der Waals surface area contributed by atoms with Crippen LogP contribution in [0.5, 0.6) is 17.2 Å². The van der Waals surface area contributed by atoms with Gasteiger partial charge in [0.2, 0.25) is 0 Å². The van der Waals surface area contributed by atoms with Crippen LogP contribution in [0.3, 0.4) is 0 Å². The second kappa shape index (κ2) is 10.7. The number of nitrogens with zero attached hydrogens (tertiary/aromatic N) is 2. The highest BCUT2D eigenvalue weighted by molar-refractivity contribution is 5.91. The number of aromatic hydroxyl groups is 1. The number of H-pyrrole nitrogens is 1. The summed E-state index contributed by atoms with van der Waals surface area (Å²) in [7, 11) is 1.41. The fourth-order valence-corrected chi connectivity index (χ4v) is 4.62. The van der Waals surface area contributed by atoms with E-state index in [1.54, 1.807) is 11.0 Å². The third-order valence-corrected chi connectivity index (χ3v) is 6.55. The quantitative estimate of drug-likeness (QED) is 0.483. The van der Waals surface area contributed by atoms with Crippen molar-refractivity contribution in [3.8, 4) is 17.2 Å². The van der Waals surface area contributed by atoms with Gasteiger partial charge in [-0.2, -0.15) is 5.10 Å². The van der Waals surface area contributed by atoms with Crippen LogP contribution in [0.25, 0.3) is 0 Å². The minimum atomic E-state index is -0.486. The molecule has 1 aromatic heterocycles. The SMILES string of the molecule is COc1cc(O)c(C=O)c(OCC(=O)Nc2cc([C@H]3CC[C@@H](OC(=O)N4CCC[C@H]4C)C3)[nH]n2)c1. The lowest BCUT2D eigenvalue weighted by atomic mass is 10.0. The maximum absolute atomic E-state index is 12.4. The van der Waals surface area contributed by atoms with E-state index in [0.29, 0.717) is 18.5 Å². The van der Waals surface area contributed by atoms with Crippen molar-refractivity contribution in [2.75, 3.05) is 25.6 Å². The van der Waals surface area contributed by atoms with Crippen molar-refractivity contribution in [2.45, 2.75) is 57.1 Å². The number of carbonyl (C=O) groups excluding carboxylic acids is 3. The van der Waals surface area contributed by atoms with E-state index < -0.39 is 12.5 Å². The fraction of sp³-hybridized carbons (Fsp3) is 0.500. The van der Waals surface area contributed by atoms with E-state index >= 15 is 0 Å². The number of aldehydes is 1. The third-order valence-electron chi connectivity index (χ3n) is 6.55. The van der Waals surface area contributed by atoms with Crippen LogP contribution < -0.4 is 14.8 Å². The first-order valence-corrected chi connectivity index (χ1v) is 11.7. The Labute approximate surface area is 202 Å². The van der Waals surface area contributed by atoms with Gasteiger partial charge < -0.3 is 29.5 Å². The smallest absolute Gasteiger partial charge is 0.410 e. The molecule has 2 amide bonds. The Morgan fingerprint density at radius 1 is 1.29 bits per heavy atom. The number of phenolic OH excluding ortho intramolecular Hbond substituents is 1. The Bertz CT molecular complexity index is 1090. The molecule has 2 aliphatic rings. The molecule has 1 aromatic carbocycles. The number of methoxy groups -OCH3 is 1. The van der Waals surface area contributed by atoms with Crippen molar-refractivity contribution in [1.29, 1.82) is 0 Å². The number of phenols is 1. The molecule has 2 heterocycles. The second-order valence-electron chi connectivity index (χ2n) is 8.92. The highest BCUT2D eigenvalue weighted by atomic mass is 16.6. The van der Waals surface area contributed by atoms with E-state index in [0.717, 1.165) is 37.9 Å². The lowest BCUT2D eigenvalue weighted by Crippen LogP contribution is -2.36. The molecule has 1 saturated carbocycles. The van der Waals surface area contributed by atoms with Gasteiger partial charge in [0.15, 0.2) is 18.7 Å². The van der Waals surface area contributed by atoms with Gasteiger partial charge in [-0.15, -0.1) is 0 Å². The predicted octanol–water partition coefficient (Wildman–Crippen LogP) is 3.21. The molecule has 35 heavy (non-hydrogen) atoms. The molecule has 1 saturated heterocycles. The van der Waals surface area contributed by atoms with Crippen molar-refractivity contribution >= 4 is 24.1 Å². The topological polar surface area (TPSA) is 143 Å². The summed E-state index contributed by atoms with van der Waals surface area (Å²) in [4.78, 5) is 37.8. The van der Waals surface area contributed by atoms with E-state index in [9.17, 15) is 19.5 Å². The molecule has 11 nitrogen and oxygen atoms in total. The summed E-state index contributed by atoms with van der Waals surface area (Å²) in [5.74, 6) is 0.0139. The van der Waals surface area contributed by atoms with Crippen molar-refractivity contribution in [2.24, 2.45) is 0 Å².